The second-order valence-electron chi connectivity index (χ2n) is 7.41. The highest BCUT2D eigenvalue weighted by Crippen LogP contribution is 2.34. The maximum atomic E-state index is 5.91. The molecule has 3 heteroatoms. The smallest absolute Gasteiger partial charge is 0.0459 e. The van der Waals surface area contributed by atoms with Crippen molar-refractivity contribution < 1.29 is 0 Å². The van der Waals surface area contributed by atoms with Gasteiger partial charge in [-0.1, -0.05) is 11.6 Å². The van der Waals surface area contributed by atoms with Gasteiger partial charge in [-0.15, -0.1) is 0 Å². The normalized spacial score (nSPS) is 29.1. The number of hydrogen-bond acceptors (Lipinski definition) is 2. The van der Waals surface area contributed by atoms with Crippen LogP contribution >= 0.6 is 0 Å². The highest BCUT2D eigenvalue weighted by molar-refractivity contribution is 5.85. The molecule has 3 N–H and O–H groups in total. The van der Waals surface area contributed by atoms with Gasteiger partial charge in [-0.3, -0.25) is 4.90 Å². The molecule has 2 aliphatic rings. The third-order valence-electron chi connectivity index (χ3n) is 5.83. The zero-order chi connectivity index (χ0) is 15.3. The molecule has 3 nitrogen and oxygen atoms in total. The summed E-state index contributed by atoms with van der Waals surface area (Å²) in [5.41, 5.74) is 11.6. The van der Waals surface area contributed by atoms with E-state index in [1.807, 2.05) is 0 Å². The van der Waals surface area contributed by atoms with Crippen LogP contribution < -0.4 is 5.73 Å². The second kappa shape index (κ2) is 5.39. The molecule has 1 fully saturated rings. The number of nitrogens with two attached hydrogens (primary N) is 1. The molecule has 1 aliphatic heterocycles. The van der Waals surface area contributed by atoms with Crippen LogP contribution in [-0.2, 0) is 12.8 Å². The van der Waals surface area contributed by atoms with Gasteiger partial charge >= 0.3 is 0 Å². The lowest BCUT2D eigenvalue weighted by Gasteiger charge is -2.34. The molecule has 1 aromatic carbocycles. The Morgan fingerprint density at radius 2 is 2.23 bits per heavy atom. The predicted octanol–water partition coefficient (Wildman–Crippen LogP) is 3.00. The van der Waals surface area contributed by atoms with E-state index in [2.05, 4.69) is 41.9 Å². The first-order valence-electron chi connectivity index (χ1n) is 8.71. The molecule has 118 valence electrons. The molecule has 3 atom stereocenters. The number of fused-ring (bicyclic) bond motifs is 3. The Morgan fingerprint density at radius 3 is 3.00 bits per heavy atom. The zero-order valence-corrected chi connectivity index (χ0v) is 13.7. The summed E-state index contributed by atoms with van der Waals surface area (Å²) >= 11 is 0. The Morgan fingerprint density at radius 1 is 1.36 bits per heavy atom. The van der Waals surface area contributed by atoms with Gasteiger partial charge in [0.25, 0.3) is 0 Å². The van der Waals surface area contributed by atoms with E-state index < -0.39 is 0 Å². The van der Waals surface area contributed by atoms with Crippen LogP contribution in [0.3, 0.4) is 0 Å². The molecule has 1 aliphatic carbocycles. The predicted molar refractivity (Wildman–Crippen MR) is 92.2 cm³/mol. The van der Waals surface area contributed by atoms with Crippen LogP contribution in [0.5, 0.6) is 0 Å². The Bertz CT molecular complexity index is 687. The number of aromatic amines is 1. The van der Waals surface area contributed by atoms with Gasteiger partial charge in [0, 0.05) is 35.2 Å². The van der Waals surface area contributed by atoms with Crippen LogP contribution in [-0.4, -0.2) is 35.1 Å². The summed E-state index contributed by atoms with van der Waals surface area (Å²) in [6, 6.07) is 8.17. The molecule has 1 aromatic heterocycles. The number of benzene rings is 1. The molecule has 22 heavy (non-hydrogen) atoms. The number of likely N-dealkylation sites (tertiary alicyclic amines) is 1. The third kappa shape index (κ3) is 2.27. The number of hydrogen-bond donors (Lipinski definition) is 2. The van der Waals surface area contributed by atoms with Crippen molar-refractivity contribution in [2.24, 2.45) is 11.7 Å². The number of H-pyrrole nitrogens is 1. The fourth-order valence-corrected chi connectivity index (χ4v) is 4.65. The van der Waals surface area contributed by atoms with Gasteiger partial charge in [-0.2, -0.15) is 0 Å². The molecule has 2 aromatic rings. The first kappa shape index (κ1) is 14.3. The van der Waals surface area contributed by atoms with Crippen molar-refractivity contribution >= 4 is 10.9 Å². The van der Waals surface area contributed by atoms with Gasteiger partial charge in [0.1, 0.15) is 0 Å². The van der Waals surface area contributed by atoms with Crippen LogP contribution in [0, 0.1) is 12.8 Å². The lowest BCUT2D eigenvalue weighted by atomic mass is 9.90. The molecular weight excluding hydrogens is 270 g/mol. The molecule has 0 bridgehead atoms. The van der Waals surface area contributed by atoms with Gasteiger partial charge in [0.05, 0.1) is 0 Å². The van der Waals surface area contributed by atoms with Crippen molar-refractivity contribution in [2.45, 2.75) is 51.6 Å². The van der Waals surface area contributed by atoms with Crippen molar-refractivity contribution in [1.82, 2.24) is 9.88 Å². The fraction of sp³-hybridized carbons (Fsp3) is 0.579. The summed E-state index contributed by atoms with van der Waals surface area (Å²) in [5.74, 6) is 0.696. The topological polar surface area (TPSA) is 45.0 Å². The summed E-state index contributed by atoms with van der Waals surface area (Å²) in [6.45, 7) is 6.60. The molecule has 0 unspecified atom stereocenters. The Balaban J connectivity index is 1.63. The SMILES string of the molecule is Cc1ccc2[nH]c3c(c2c1)C[C@H](N1C[C@@H](CN)C[C@@H]1C)CC3. The minimum atomic E-state index is 0.687. The maximum Gasteiger partial charge on any atom is 0.0459 e. The monoisotopic (exact) mass is 297 g/mol. The third-order valence-corrected chi connectivity index (χ3v) is 5.83. The average molecular weight is 297 g/mol. The molecule has 0 spiro atoms. The molecule has 4 rings (SSSR count). The first-order chi connectivity index (χ1) is 10.7. The number of aromatic nitrogens is 1. The van der Waals surface area contributed by atoms with Crippen molar-refractivity contribution in [2.75, 3.05) is 13.1 Å². The number of nitrogens with zero attached hydrogens (tertiary/aromatic N) is 1. The van der Waals surface area contributed by atoms with E-state index in [1.165, 1.54) is 54.4 Å². The number of nitrogens with one attached hydrogen (secondary N) is 1. The molecular formula is C19H27N3. The van der Waals surface area contributed by atoms with Crippen LogP contribution in [0.2, 0.25) is 0 Å². The van der Waals surface area contributed by atoms with Crippen LogP contribution in [0.1, 0.15) is 36.6 Å². The number of rotatable bonds is 2. The Kier molecular flexibility index (Phi) is 3.50. The molecule has 0 saturated carbocycles. The van der Waals surface area contributed by atoms with E-state index in [-0.39, 0.29) is 0 Å². The van der Waals surface area contributed by atoms with Crippen molar-refractivity contribution in [3.8, 4) is 0 Å². The molecule has 0 amide bonds. The Hall–Kier alpha value is -1.32. The van der Waals surface area contributed by atoms with E-state index in [9.17, 15) is 0 Å². The fourth-order valence-electron chi connectivity index (χ4n) is 4.65. The first-order valence-corrected chi connectivity index (χ1v) is 8.71. The second-order valence-corrected chi connectivity index (χ2v) is 7.41. The molecule has 1 saturated heterocycles. The van der Waals surface area contributed by atoms with Crippen molar-refractivity contribution in [3.05, 3.63) is 35.0 Å². The van der Waals surface area contributed by atoms with E-state index in [0.717, 1.165) is 6.54 Å². The minimum absolute atomic E-state index is 0.687. The Labute approximate surface area is 132 Å². The van der Waals surface area contributed by atoms with Crippen molar-refractivity contribution in [3.63, 3.8) is 0 Å². The highest BCUT2D eigenvalue weighted by atomic mass is 15.2. The van der Waals surface area contributed by atoms with Gasteiger partial charge in [-0.25, -0.2) is 0 Å². The lowest BCUT2D eigenvalue weighted by Crippen LogP contribution is -2.41. The van der Waals surface area contributed by atoms with Gasteiger partial charge in [0.2, 0.25) is 0 Å². The maximum absolute atomic E-state index is 5.91. The molecule has 0 radical (unpaired) electrons. The highest BCUT2D eigenvalue weighted by Gasteiger charge is 2.35. The average Bonchev–Trinajstić information content (AvgIpc) is 3.07. The standard InChI is InChI=1S/C19H27N3/c1-12-3-5-18-16(7-12)17-9-15(4-6-19(17)21-18)22-11-14(10-20)8-13(22)2/h3,5,7,13-15,21H,4,6,8-11,20H2,1-2H3/t13-,14+,15+/m0/s1. The summed E-state index contributed by atoms with van der Waals surface area (Å²) < 4.78 is 0. The summed E-state index contributed by atoms with van der Waals surface area (Å²) in [4.78, 5) is 6.38. The summed E-state index contributed by atoms with van der Waals surface area (Å²) in [5, 5.41) is 1.45. The largest absolute Gasteiger partial charge is 0.358 e. The van der Waals surface area contributed by atoms with Crippen LogP contribution in [0.25, 0.3) is 10.9 Å². The van der Waals surface area contributed by atoms with Crippen molar-refractivity contribution in [1.29, 1.82) is 0 Å². The van der Waals surface area contributed by atoms with E-state index in [0.29, 0.717) is 18.0 Å². The van der Waals surface area contributed by atoms with E-state index >= 15 is 0 Å². The van der Waals surface area contributed by atoms with Crippen LogP contribution in [0.4, 0.5) is 0 Å². The van der Waals surface area contributed by atoms with Gasteiger partial charge in [0.15, 0.2) is 0 Å². The van der Waals surface area contributed by atoms with Gasteiger partial charge < -0.3 is 10.7 Å². The summed E-state index contributed by atoms with van der Waals surface area (Å²) in [6.07, 6.45) is 4.93. The summed E-state index contributed by atoms with van der Waals surface area (Å²) in [7, 11) is 0. The van der Waals surface area contributed by atoms with E-state index in [1.54, 1.807) is 5.56 Å². The number of aryl methyl sites for hydroxylation is 2. The lowest BCUT2D eigenvalue weighted by molar-refractivity contribution is 0.170. The molecule has 2 heterocycles. The van der Waals surface area contributed by atoms with E-state index in [4.69, 9.17) is 5.73 Å². The van der Waals surface area contributed by atoms with Crippen LogP contribution in [0.15, 0.2) is 18.2 Å². The van der Waals surface area contributed by atoms with Gasteiger partial charge in [-0.05, 0) is 69.7 Å². The quantitative estimate of drug-likeness (QED) is 0.895. The minimum Gasteiger partial charge on any atom is -0.358 e. The zero-order valence-electron chi connectivity index (χ0n) is 13.7.